The van der Waals surface area contributed by atoms with Crippen molar-refractivity contribution in [3.63, 3.8) is 0 Å². The van der Waals surface area contributed by atoms with Gasteiger partial charge in [-0.3, -0.25) is 29.1 Å². The summed E-state index contributed by atoms with van der Waals surface area (Å²) in [7, 11) is 0. The molecule has 0 atom stereocenters. The molecule has 2 aliphatic rings. The van der Waals surface area contributed by atoms with Crippen molar-refractivity contribution in [3.8, 4) is 0 Å². The average molecular weight is 501 g/mol. The van der Waals surface area contributed by atoms with E-state index in [1.165, 1.54) is 29.2 Å². The molecule has 0 unspecified atom stereocenters. The molecule has 1 N–H and O–H groups in total. The normalized spacial score (nSPS) is 16.0. The fourth-order valence-electron chi connectivity index (χ4n) is 5.12. The van der Waals surface area contributed by atoms with Crippen LogP contribution in [0.5, 0.6) is 0 Å². The molecule has 1 aliphatic heterocycles. The predicted molar refractivity (Wildman–Crippen MR) is 133 cm³/mol. The molecule has 2 heterocycles. The second-order valence-electron chi connectivity index (χ2n) is 9.28. The molecule has 5 rings (SSSR count). The molecule has 2 aromatic carbocycles. The monoisotopic (exact) mass is 500 g/mol. The lowest BCUT2D eigenvalue weighted by molar-refractivity contribution is -0.146. The van der Waals surface area contributed by atoms with Crippen LogP contribution in [-0.2, 0) is 16.1 Å². The third kappa shape index (κ3) is 4.60. The lowest BCUT2D eigenvalue weighted by Gasteiger charge is -2.40. The Morgan fingerprint density at radius 3 is 2.19 bits per heavy atom. The van der Waals surface area contributed by atoms with Gasteiger partial charge in [0.05, 0.1) is 11.1 Å². The van der Waals surface area contributed by atoms with Crippen LogP contribution in [0.2, 0.25) is 0 Å². The number of aromatic nitrogens is 1. The molecule has 1 aromatic heterocycles. The Kier molecular flexibility index (Phi) is 6.52. The molecule has 1 saturated carbocycles. The molecule has 188 valence electrons. The van der Waals surface area contributed by atoms with Crippen LogP contribution >= 0.6 is 0 Å². The number of rotatable bonds is 7. The Labute approximate surface area is 213 Å². The SMILES string of the molecule is O=C1c2ccccc2C(=O)N1CC(=O)N(Cc1cccnc1)C1(C(=O)Nc2ccc(F)cc2)CCCC1. The van der Waals surface area contributed by atoms with Crippen LogP contribution in [-0.4, -0.2) is 50.5 Å². The fourth-order valence-corrected chi connectivity index (χ4v) is 5.12. The molecule has 0 radical (unpaired) electrons. The first-order chi connectivity index (χ1) is 17.9. The van der Waals surface area contributed by atoms with Gasteiger partial charge in [-0.05, 0) is 60.9 Å². The summed E-state index contributed by atoms with van der Waals surface area (Å²) in [5.74, 6) is -2.41. The summed E-state index contributed by atoms with van der Waals surface area (Å²) in [5.41, 5.74) is 0.415. The molecule has 8 nitrogen and oxygen atoms in total. The third-order valence-corrected chi connectivity index (χ3v) is 7.01. The maximum Gasteiger partial charge on any atom is 0.262 e. The molecule has 0 saturated heterocycles. The number of fused-ring (bicyclic) bond motifs is 1. The maximum atomic E-state index is 13.9. The molecule has 1 fully saturated rings. The number of pyridine rings is 1. The van der Waals surface area contributed by atoms with Crippen LogP contribution in [0.25, 0.3) is 0 Å². The lowest BCUT2D eigenvalue weighted by atomic mass is 9.92. The highest BCUT2D eigenvalue weighted by Crippen LogP contribution is 2.38. The van der Waals surface area contributed by atoms with Gasteiger partial charge in [-0.25, -0.2) is 4.39 Å². The van der Waals surface area contributed by atoms with Crippen molar-refractivity contribution in [1.82, 2.24) is 14.8 Å². The van der Waals surface area contributed by atoms with Crippen LogP contribution in [0.1, 0.15) is 52.0 Å². The molecule has 3 aromatic rings. The Morgan fingerprint density at radius 1 is 0.946 bits per heavy atom. The van der Waals surface area contributed by atoms with Crippen molar-refractivity contribution in [2.75, 3.05) is 11.9 Å². The number of hydrogen-bond donors (Lipinski definition) is 1. The van der Waals surface area contributed by atoms with E-state index in [9.17, 15) is 23.6 Å². The molecular formula is C28H25FN4O4. The summed E-state index contributed by atoms with van der Waals surface area (Å²) in [5, 5.41) is 2.84. The van der Waals surface area contributed by atoms with Crippen molar-refractivity contribution < 1.29 is 23.6 Å². The summed E-state index contributed by atoms with van der Waals surface area (Å²) in [6, 6.07) is 15.4. The van der Waals surface area contributed by atoms with E-state index in [1.54, 1.807) is 48.8 Å². The Morgan fingerprint density at radius 2 is 1.59 bits per heavy atom. The van der Waals surface area contributed by atoms with Gasteiger partial charge in [-0.15, -0.1) is 0 Å². The van der Waals surface area contributed by atoms with E-state index in [1.807, 2.05) is 0 Å². The molecule has 37 heavy (non-hydrogen) atoms. The second kappa shape index (κ2) is 9.93. The van der Waals surface area contributed by atoms with E-state index < -0.39 is 41.5 Å². The van der Waals surface area contributed by atoms with E-state index >= 15 is 0 Å². The number of carbonyl (C=O) groups is 4. The fraction of sp³-hybridized carbons (Fsp3) is 0.250. The van der Waals surface area contributed by atoms with E-state index in [0.717, 1.165) is 17.7 Å². The van der Waals surface area contributed by atoms with Gasteiger partial charge in [0.1, 0.15) is 17.9 Å². The first kappa shape index (κ1) is 24.3. The topological polar surface area (TPSA) is 99.7 Å². The Balaban J connectivity index is 1.46. The number of carbonyl (C=O) groups excluding carboxylic acids is 4. The number of halogens is 1. The minimum absolute atomic E-state index is 0.0761. The van der Waals surface area contributed by atoms with Gasteiger partial charge in [-0.1, -0.05) is 31.0 Å². The molecule has 4 amide bonds. The Bertz CT molecular complexity index is 1320. The predicted octanol–water partition coefficient (Wildman–Crippen LogP) is 3.80. The maximum absolute atomic E-state index is 13.9. The summed E-state index contributed by atoms with van der Waals surface area (Å²) in [4.78, 5) is 60.0. The minimum Gasteiger partial charge on any atom is -0.324 e. The zero-order valence-electron chi connectivity index (χ0n) is 20.0. The van der Waals surface area contributed by atoms with E-state index in [4.69, 9.17) is 0 Å². The zero-order chi connectivity index (χ0) is 26.0. The highest BCUT2D eigenvalue weighted by molar-refractivity contribution is 6.22. The number of anilines is 1. The minimum atomic E-state index is -1.21. The van der Waals surface area contributed by atoms with Crippen LogP contribution in [0.3, 0.4) is 0 Å². The highest BCUT2D eigenvalue weighted by atomic mass is 19.1. The van der Waals surface area contributed by atoms with Crippen LogP contribution in [0.15, 0.2) is 73.1 Å². The first-order valence-corrected chi connectivity index (χ1v) is 12.1. The standard InChI is InChI=1S/C28H25FN4O4/c29-20-9-11-21(12-10-20)31-27(37)28(13-3-4-14-28)33(17-19-6-5-15-30-16-19)24(34)18-32-25(35)22-7-1-2-8-23(22)26(32)36/h1-2,5-12,15-16H,3-4,13-14,17-18H2,(H,31,37). The summed E-state index contributed by atoms with van der Waals surface area (Å²) < 4.78 is 13.4. The molecule has 9 heteroatoms. The van der Waals surface area contributed by atoms with Gasteiger partial charge < -0.3 is 10.2 Å². The number of benzene rings is 2. The average Bonchev–Trinajstić information content (AvgIpc) is 3.50. The van der Waals surface area contributed by atoms with E-state index in [0.29, 0.717) is 24.1 Å². The summed E-state index contributed by atoms with van der Waals surface area (Å²) >= 11 is 0. The molecular weight excluding hydrogens is 475 g/mol. The summed E-state index contributed by atoms with van der Waals surface area (Å²) in [6.07, 6.45) is 5.49. The summed E-state index contributed by atoms with van der Waals surface area (Å²) in [6.45, 7) is -0.412. The number of hydrogen-bond acceptors (Lipinski definition) is 5. The molecule has 1 aliphatic carbocycles. The largest absolute Gasteiger partial charge is 0.324 e. The van der Waals surface area contributed by atoms with Gasteiger partial charge >= 0.3 is 0 Å². The molecule has 0 bridgehead atoms. The number of amides is 4. The van der Waals surface area contributed by atoms with Gasteiger partial charge in [0.2, 0.25) is 11.8 Å². The van der Waals surface area contributed by atoms with Crippen molar-refractivity contribution in [1.29, 1.82) is 0 Å². The number of imide groups is 1. The smallest absolute Gasteiger partial charge is 0.262 e. The van der Waals surface area contributed by atoms with Gasteiger partial charge in [0, 0.05) is 24.6 Å². The van der Waals surface area contributed by atoms with Gasteiger partial charge in [0.15, 0.2) is 0 Å². The van der Waals surface area contributed by atoms with Crippen LogP contribution < -0.4 is 5.32 Å². The van der Waals surface area contributed by atoms with E-state index in [2.05, 4.69) is 10.3 Å². The quantitative estimate of drug-likeness (QED) is 0.498. The molecule has 0 spiro atoms. The van der Waals surface area contributed by atoms with Crippen LogP contribution in [0, 0.1) is 5.82 Å². The third-order valence-electron chi connectivity index (χ3n) is 7.01. The first-order valence-electron chi connectivity index (χ1n) is 12.1. The highest BCUT2D eigenvalue weighted by Gasteiger charge is 2.49. The van der Waals surface area contributed by atoms with Gasteiger partial charge in [-0.2, -0.15) is 0 Å². The Hall–Kier alpha value is -4.40. The van der Waals surface area contributed by atoms with Crippen molar-refractivity contribution in [2.45, 2.75) is 37.8 Å². The second-order valence-corrected chi connectivity index (χ2v) is 9.28. The van der Waals surface area contributed by atoms with E-state index in [-0.39, 0.29) is 17.7 Å². The van der Waals surface area contributed by atoms with Crippen molar-refractivity contribution >= 4 is 29.3 Å². The van der Waals surface area contributed by atoms with Crippen molar-refractivity contribution in [3.05, 3.63) is 95.6 Å². The van der Waals surface area contributed by atoms with Gasteiger partial charge in [0.25, 0.3) is 11.8 Å². The van der Waals surface area contributed by atoms with Crippen LogP contribution in [0.4, 0.5) is 10.1 Å². The van der Waals surface area contributed by atoms with Crippen molar-refractivity contribution in [2.24, 2.45) is 0 Å². The lowest BCUT2D eigenvalue weighted by Crippen LogP contribution is -2.59. The number of nitrogens with one attached hydrogen (secondary N) is 1. The zero-order valence-corrected chi connectivity index (χ0v) is 20.0. The number of nitrogens with zero attached hydrogens (tertiary/aromatic N) is 3.